The number of amides is 1. The number of H-pyrrole nitrogens is 1. The van der Waals surface area contributed by atoms with E-state index in [2.05, 4.69) is 15.3 Å². The third-order valence-corrected chi connectivity index (χ3v) is 3.74. The third-order valence-electron chi connectivity index (χ3n) is 3.42. The Bertz CT molecular complexity index is 934. The number of rotatable bonds is 3. The molecule has 1 unspecified atom stereocenters. The molecule has 0 aliphatic heterocycles. The SMILES string of the molecule is CC(NC(=O)O)c1nc2cccc(Cl)c2c(=O)n1-c1ccc[nH]1. The van der Waals surface area contributed by atoms with E-state index in [1.807, 2.05) is 0 Å². The van der Waals surface area contributed by atoms with Crippen LogP contribution in [0.5, 0.6) is 0 Å². The molecule has 3 N–H and O–H groups in total. The quantitative estimate of drug-likeness (QED) is 0.686. The Kier molecular flexibility index (Phi) is 3.79. The van der Waals surface area contributed by atoms with E-state index < -0.39 is 12.1 Å². The molecule has 1 atom stereocenters. The number of halogens is 1. The van der Waals surface area contributed by atoms with E-state index in [1.54, 1.807) is 43.5 Å². The highest BCUT2D eigenvalue weighted by atomic mass is 35.5. The summed E-state index contributed by atoms with van der Waals surface area (Å²) in [5.41, 5.74) is 0.0523. The van der Waals surface area contributed by atoms with E-state index in [-0.39, 0.29) is 16.8 Å². The van der Waals surface area contributed by atoms with Crippen LogP contribution in [0, 0.1) is 0 Å². The number of carboxylic acid groups (broad SMARTS) is 1. The van der Waals surface area contributed by atoms with Gasteiger partial charge < -0.3 is 15.4 Å². The largest absolute Gasteiger partial charge is 0.465 e. The van der Waals surface area contributed by atoms with Crippen LogP contribution < -0.4 is 10.9 Å². The van der Waals surface area contributed by atoms with Crippen molar-refractivity contribution in [3.8, 4) is 5.82 Å². The second-order valence-electron chi connectivity index (χ2n) is 4.97. The summed E-state index contributed by atoms with van der Waals surface area (Å²) in [6.07, 6.45) is 0.466. The average molecular weight is 333 g/mol. The predicted octanol–water partition coefficient (Wildman–Crippen LogP) is 2.70. The number of fused-ring (bicyclic) bond motifs is 1. The van der Waals surface area contributed by atoms with E-state index in [0.717, 1.165) is 0 Å². The van der Waals surface area contributed by atoms with Crippen LogP contribution in [0.25, 0.3) is 16.7 Å². The van der Waals surface area contributed by atoms with Crippen molar-refractivity contribution in [1.82, 2.24) is 19.9 Å². The number of aromatic amines is 1. The van der Waals surface area contributed by atoms with Gasteiger partial charge >= 0.3 is 6.09 Å². The molecule has 7 nitrogen and oxygen atoms in total. The monoisotopic (exact) mass is 332 g/mol. The number of hydrogen-bond acceptors (Lipinski definition) is 3. The Morgan fingerprint density at radius 3 is 2.83 bits per heavy atom. The molecule has 118 valence electrons. The maximum atomic E-state index is 12.9. The third kappa shape index (κ3) is 2.66. The molecular formula is C15H13ClN4O3. The van der Waals surface area contributed by atoms with E-state index in [0.29, 0.717) is 16.4 Å². The second-order valence-corrected chi connectivity index (χ2v) is 5.38. The van der Waals surface area contributed by atoms with E-state index in [4.69, 9.17) is 16.7 Å². The van der Waals surface area contributed by atoms with Crippen LogP contribution in [-0.4, -0.2) is 25.7 Å². The van der Waals surface area contributed by atoms with Crippen LogP contribution in [0.1, 0.15) is 18.8 Å². The Morgan fingerprint density at radius 1 is 1.39 bits per heavy atom. The predicted molar refractivity (Wildman–Crippen MR) is 86.3 cm³/mol. The zero-order valence-electron chi connectivity index (χ0n) is 12.1. The molecule has 0 fully saturated rings. The summed E-state index contributed by atoms with van der Waals surface area (Å²) in [6, 6.07) is 7.71. The van der Waals surface area contributed by atoms with Crippen molar-refractivity contribution in [3.05, 3.63) is 57.7 Å². The van der Waals surface area contributed by atoms with E-state index in [1.165, 1.54) is 4.57 Å². The van der Waals surface area contributed by atoms with Gasteiger partial charge in [-0.1, -0.05) is 17.7 Å². The molecule has 1 amide bonds. The first-order valence-electron chi connectivity index (χ1n) is 6.83. The van der Waals surface area contributed by atoms with Crippen LogP contribution in [0.15, 0.2) is 41.3 Å². The zero-order chi connectivity index (χ0) is 16.6. The summed E-state index contributed by atoms with van der Waals surface area (Å²) in [7, 11) is 0. The van der Waals surface area contributed by atoms with Crippen molar-refractivity contribution < 1.29 is 9.90 Å². The van der Waals surface area contributed by atoms with Gasteiger partial charge in [-0.25, -0.2) is 14.3 Å². The molecule has 8 heteroatoms. The lowest BCUT2D eigenvalue weighted by atomic mass is 10.2. The lowest BCUT2D eigenvalue weighted by molar-refractivity contribution is 0.190. The number of nitrogens with one attached hydrogen (secondary N) is 2. The summed E-state index contributed by atoms with van der Waals surface area (Å²) in [6.45, 7) is 1.62. The average Bonchev–Trinajstić information content (AvgIpc) is 3.00. The molecule has 0 radical (unpaired) electrons. The molecule has 0 aliphatic carbocycles. The topological polar surface area (TPSA) is 100 Å². The van der Waals surface area contributed by atoms with Crippen molar-refractivity contribution in [2.75, 3.05) is 0 Å². The van der Waals surface area contributed by atoms with Gasteiger partial charge in [-0.2, -0.15) is 0 Å². The summed E-state index contributed by atoms with van der Waals surface area (Å²) >= 11 is 6.14. The smallest absolute Gasteiger partial charge is 0.405 e. The Morgan fingerprint density at radius 2 is 2.17 bits per heavy atom. The lowest BCUT2D eigenvalue weighted by Gasteiger charge is -2.17. The van der Waals surface area contributed by atoms with Gasteiger partial charge in [0.25, 0.3) is 5.56 Å². The minimum absolute atomic E-state index is 0.273. The summed E-state index contributed by atoms with van der Waals surface area (Å²) < 4.78 is 1.33. The van der Waals surface area contributed by atoms with Crippen molar-refractivity contribution in [2.45, 2.75) is 13.0 Å². The highest BCUT2D eigenvalue weighted by Gasteiger charge is 2.20. The van der Waals surface area contributed by atoms with Crippen molar-refractivity contribution >= 4 is 28.6 Å². The first-order valence-corrected chi connectivity index (χ1v) is 7.21. The lowest BCUT2D eigenvalue weighted by Crippen LogP contribution is -2.32. The number of nitrogens with zero attached hydrogens (tertiary/aromatic N) is 2. The normalized spacial score (nSPS) is 12.3. The first kappa shape index (κ1) is 15.1. The minimum atomic E-state index is -1.20. The number of hydrogen-bond donors (Lipinski definition) is 3. The number of benzene rings is 1. The van der Waals surface area contributed by atoms with Gasteiger partial charge in [0.15, 0.2) is 0 Å². The van der Waals surface area contributed by atoms with Gasteiger partial charge in [-0.15, -0.1) is 0 Å². The molecule has 0 spiro atoms. The van der Waals surface area contributed by atoms with Crippen LogP contribution >= 0.6 is 11.6 Å². The molecule has 0 bridgehead atoms. The van der Waals surface area contributed by atoms with E-state index in [9.17, 15) is 9.59 Å². The Labute approximate surface area is 135 Å². The second kappa shape index (κ2) is 5.77. The highest BCUT2D eigenvalue weighted by molar-refractivity contribution is 6.35. The standard InChI is InChI=1S/C15H13ClN4O3/c1-8(18-15(22)23)13-19-10-5-2-4-9(16)12(10)14(21)20(13)11-6-3-7-17-11/h2-8,17-18H,1H3,(H,22,23). The van der Waals surface area contributed by atoms with Gasteiger partial charge in [0.2, 0.25) is 0 Å². The van der Waals surface area contributed by atoms with Gasteiger partial charge in [-0.3, -0.25) is 4.79 Å². The number of carbonyl (C=O) groups is 1. The van der Waals surface area contributed by atoms with Crippen LogP contribution in [0.3, 0.4) is 0 Å². The fourth-order valence-electron chi connectivity index (χ4n) is 2.44. The van der Waals surface area contributed by atoms with Crippen LogP contribution in [-0.2, 0) is 0 Å². The molecule has 2 heterocycles. The van der Waals surface area contributed by atoms with Gasteiger partial charge in [0, 0.05) is 6.20 Å². The van der Waals surface area contributed by atoms with E-state index >= 15 is 0 Å². The van der Waals surface area contributed by atoms with Gasteiger partial charge in [0.1, 0.15) is 11.6 Å². The van der Waals surface area contributed by atoms with Crippen molar-refractivity contribution in [1.29, 1.82) is 0 Å². The maximum Gasteiger partial charge on any atom is 0.405 e. The Balaban J connectivity index is 2.36. The maximum absolute atomic E-state index is 12.9. The molecule has 23 heavy (non-hydrogen) atoms. The molecule has 3 aromatic rings. The molecule has 0 aliphatic rings. The molecular weight excluding hydrogens is 320 g/mol. The summed E-state index contributed by atoms with van der Waals surface area (Å²) in [4.78, 5) is 31.2. The Hall–Kier alpha value is -2.80. The van der Waals surface area contributed by atoms with Crippen LogP contribution in [0.4, 0.5) is 4.79 Å². The molecule has 0 saturated heterocycles. The fraction of sp³-hybridized carbons (Fsp3) is 0.133. The first-order chi connectivity index (χ1) is 11.0. The molecule has 3 rings (SSSR count). The van der Waals surface area contributed by atoms with Crippen molar-refractivity contribution in [2.24, 2.45) is 0 Å². The number of aromatic nitrogens is 3. The summed E-state index contributed by atoms with van der Waals surface area (Å²) in [5.74, 6) is 0.757. The fourth-order valence-corrected chi connectivity index (χ4v) is 2.69. The van der Waals surface area contributed by atoms with Gasteiger partial charge in [0.05, 0.1) is 22.0 Å². The summed E-state index contributed by atoms with van der Waals surface area (Å²) in [5, 5.41) is 11.8. The molecule has 1 aromatic carbocycles. The van der Waals surface area contributed by atoms with Crippen molar-refractivity contribution in [3.63, 3.8) is 0 Å². The van der Waals surface area contributed by atoms with Gasteiger partial charge in [-0.05, 0) is 31.2 Å². The zero-order valence-corrected chi connectivity index (χ0v) is 12.8. The van der Waals surface area contributed by atoms with Crippen LogP contribution in [0.2, 0.25) is 5.02 Å². The minimum Gasteiger partial charge on any atom is -0.465 e. The molecule has 2 aromatic heterocycles. The highest BCUT2D eigenvalue weighted by Crippen LogP contribution is 2.22. The molecule has 0 saturated carbocycles.